The third-order valence-electron chi connectivity index (χ3n) is 8.60. The Morgan fingerprint density at radius 2 is 1.39 bits per heavy atom. The van der Waals surface area contributed by atoms with Crippen LogP contribution in [-0.4, -0.2) is 49.9 Å². The molecule has 5 N–H and O–H groups in total. The van der Waals surface area contributed by atoms with Gasteiger partial charge in [-0.25, -0.2) is 4.39 Å². The fourth-order valence-corrected chi connectivity index (χ4v) is 6.27. The number of hydrogen-bond acceptors (Lipinski definition) is 5. The van der Waals surface area contributed by atoms with Gasteiger partial charge in [0.2, 0.25) is 0 Å². The minimum Gasteiger partial charge on any atom is -0.481 e. The number of aliphatic hydroxyl groups excluding tert-OH is 2. The van der Waals surface area contributed by atoms with Gasteiger partial charge in [-0.1, -0.05) is 74.5 Å². The van der Waals surface area contributed by atoms with Gasteiger partial charge in [-0.05, 0) is 84.0 Å². The lowest BCUT2D eigenvalue weighted by molar-refractivity contribution is -0.139. The van der Waals surface area contributed by atoms with Crippen molar-refractivity contribution in [3.8, 4) is 22.4 Å². The first-order valence-corrected chi connectivity index (χ1v) is 16.9. The Bertz CT molecular complexity index is 1940. The predicted octanol–water partition coefficient (Wildman–Crippen LogP) is 7.24. The van der Waals surface area contributed by atoms with Crippen LogP contribution >= 0.6 is 0 Å². The zero-order valence-electron chi connectivity index (χ0n) is 28.6. The van der Waals surface area contributed by atoms with Gasteiger partial charge < -0.3 is 30.5 Å². The Morgan fingerprint density at radius 3 is 2.00 bits per heavy atom. The van der Waals surface area contributed by atoms with E-state index in [4.69, 9.17) is 5.11 Å². The molecule has 2 atom stereocenters. The number of aliphatic carboxylic acids is 1. The summed E-state index contributed by atoms with van der Waals surface area (Å²) in [4.78, 5) is 38.3. The molecule has 5 aromatic rings. The molecule has 0 radical (unpaired) electrons. The van der Waals surface area contributed by atoms with E-state index in [1.807, 2.05) is 79.1 Å². The number of carboxylic acids is 1. The maximum absolute atomic E-state index is 14.4. The summed E-state index contributed by atoms with van der Waals surface area (Å²) < 4.78 is 16.1. The SMILES string of the molecule is CC(C)c1c(C(=O)Nc2ccc(C(=O)NCc3ccccc3)cc2)c(-c2ccccc2)c(-c2ccc(F)cc2)n1CC[C@@H](O)C[C@@H](O)CC(=O)O. The van der Waals surface area contributed by atoms with Crippen molar-refractivity contribution in [2.75, 3.05) is 5.32 Å². The van der Waals surface area contributed by atoms with E-state index in [1.165, 1.54) is 12.1 Å². The number of carbonyl (C=O) groups excluding carboxylic acids is 2. The van der Waals surface area contributed by atoms with Crippen LogP contribution in [0.15, 0.2) is 109 Å². The Balaban J connectivity index is 1.52. The lowest BCUT2D eigenvalue weighted by Crippen LogP contribution is -2.23. The molecule has 0 saturated heterocycles. The highest BCUT2D eigenvalue weighted by Gasteiger charge is 2.31. The van der Waals surface area contributed by atoms with Crippen LogP contribution in [0, 0.1) is 5.82 Å². The summed E-state index contributed by atoms with van der Waals surface area (Å²) in [6, 6.07) is 31.6. The van der Waals surface area contributed by atoms with Crippen LogP contribution < -0.4 is 10.6 Å². The van der Waals surface area contributed by atoms with Crippen molar-refractivity contribution in [2.24, 2.45) is 0 Å². The second kappa shape index (κ2) is 16.9. The fourth-order valence-electron chi connectivity index (χ4n) is 6.27. The minimum absolute atomic E-state index is 0.129. The van der Waals surface area contributed by atoms with E-state index >= 15 is 0 Å². The number of rotatable bonds is 15. The number of nitrogens with zero attached hydrogens (tertiary/aromatic N) is 1. The monoisotopic (exact) mass is 691 g/mol. The molecule has 0 aliphatic carbocycles. The zero-order valence-corrected chi connectivity index (χ0v) is 28.6. The van der Waals surface area contributed by atoms with Gasteiger partial charge in [-0.15, -0.1) is 0 Å². The summed E-state index contributed by atoms with van der Waals surface area (Å²) in [6.45, 7) is 4.52. The number of carboxylic acid groups (broad SMARTS) is 1. The lowest BCUT2D eigenvalue weighted by Gasteiger charge is -2.20. The highest BCUT2D eigenvalue weighted by atomic mass is 19.1. The molecular formula is C41H42FN3O6. The minimum atomic E-state index is -1.22. The third kappa shape index (κ3) is 9.36. The number of anilines is 1. The number of halogens is 1. The van der Waals surface area contributed by atoms with Crippen molar-refractivity contribution in [1.82, 2.24) is 9.88 Å². The number of benzene rings is 4. The molecule has 51 heavy (non-hydrogen) atoms. The van der Waals surface area contributed by atoms with Crippen LogP contribution in [-0.2, 0) is 17.9 Å². The quantitative estimate of drug-likeness (QED) is 0.0784. The second-order valence-corrected chi connectivity index (χ2v) is 12.8. The molecule has 0 bridgehead atoms. The van der Waals surface area contributed by atoms with Gasteiger partial charge in [-0.3, -0.25) is 14.4 Å². The normalized spacial score (nSPS) is 12.4. The molecule has 4 aromatic carbocycles. The molecule has 2 amide bonds. The highest BCUT2D eigenvalue weighted by Crippen LogP contribution is 2.42. The Kier molecular flexibility index (Phi) is 12.2. The lowest BCUT2D eigenvalue weighted by atomic mass is 9.94. The largest absolute Gasteiger partial charge is 0.481 e. The predicted molar refractivity (Wildman–Crippen MR) is 195 cm³/mol. The highest BCUT2D eigenvalue weighted by molar-refractivity contribution is 6.12. The Labute approximate surface area is 296 Å². The van der Waals surface area contributed by atoms with Crippen LogP contribution in [0.25, 0.3) is 22.4 Å². The summed E-state index contributed by atoms with van der Waals surface area (Å²) in [5.41, 5.74) is 5.66. The number of carbonyl (C=O) groups is 3. The smallest absolute Gasteiger partial charge is 0.305 e. The summed E-state index contributed by atoms with van der Waals surface area (Å²) in [5.74, 6) is -2.40. The van der Waals surface area contributed by atoms with Gasteiger partial charge in [0, 0.05) is 35.6 Å². The molecule has 1 aromatic heterocycles. The van der Waals surface area contributed by atoms with Crippen LogP contribution in [0.1, 0.15) is 71.0 Å². The molecule has 10 heteroatoms. The van der Waals surface area contributed by atoms with Crippen LogP contribution in [0.4, 0.5) is 10.1 Å². The van der Waals surface area contributed by atoms with Gasteiger partial charge >= 0.3 is 5.97 Å². The van der Waals surface area contributed by atoms with Gasteiger partial charge in [0.05, 0.1) is 29.9 Å². The molecule has 0 unspecified atom stereocenters. The van der Waals surface area contributed by atoms with E-state index in [0.717, 1.165) is 11.1 Å². The standard InChI is InChI=1S/C41H42FN3O6/c1-26(2)38-37(41(51)44-32-19-15-30(16-20-32)40(50)43-25-27-9-5-3-6-10-27)36(28-11-7-4-8-12-28)39(29-13-17-31(42)18-14-29)45(38)22-21-33(46)23-34(47)24-35(48)49/h3-20,26,33-34,46-47H,21-25H2,1-2H3,(H,43,50)(H,44,51)(H,48,49)/t33-,34-/m1/s1. The van der Waals surface area contributed by atoms with E-state index in [2.05, 4.69) is 10.6 Å². The topological polar surface area (TPSA) is 141 Å². The molecule has 1 heterocycles. The summed E-state index contributed by atoms with van der Waals surface area (Å²) >= 11 is 0. The summed E-state index contributed by atoms with van der Waals surface area (Å²) in [7, 11) is 0. The van der Waals surface area contributed by atoms with E-state index in [1.54, 1.807) is 36.4 Å². The Morgan fingerprint density at radius 1 is 0.765 bits per heavy atom. The van der Waals surface area contributed by atoms with Crippen LogP contribution in [0.5, 0.6) is 0 Å². The van der Waals surface area contributed by atoms with Crippen molar-refractivity contribution in [1.29, 1.82) is 0 Å². The molecule has 0 saturated carbocycles. The Hall–Kier alpha value is -5.58. The number of hydrogen-bond donors (Lipinski definition) is 5. The van der Waals surface area contributed by atoms with Gasteiger partial charge in [0.25, 0.3) is 11.8 Å². The fraction of sp³-hybridized carbons (Fsp3) is 0.244. The van der Waals surface area contributed by atoms with Crippen molar-refractivity contribution in [3.63, 3.8) is 0 Å². The molecule has 264 valence electrons. The maximum atomic E-state index is 14.4. The summed E-state index contributed by atoms with van der Waals surface area (Å²) in [6.07, 6.45) is -2.70. The number of amides is 2. The van der Waals surface area contributed by atoms with E-state index in [9.17, 15) is 29.0 Å². The summed E-state index contributed by atoms with van der Waals surface area (Å²) in [5, 5.41) is 36.0. The van der Waals surface area contributed by atoms with Crippen LogP contribution in [0.3, 0.4) is 0 Å². The first-order valence-electron chi connectivity index (χ1n) is 16.9. The zero-order chi connectivity index (χ0) is 36.5. The molecule has 0 aliphatic rings. The average molecular weight is 692 g/mol. The number of nitrogens with one attached hydrogen (secondary N) is 2. The number of aliphatic hydroxyl groups is 2. The maximum Gasteiger partial charge on any atom is 0.305 e. The third-order valence-corrected chi connectivity index (χ3v) is 8.60. The van der Waals surface area contributed by atoms with E-state index in [0.29, 0.717) is 45.9 Å². The van der Waals surface area contributed by atoms with Crippen molar-refractivity contribution in [2.45, 2.75) is 64.3 Å². The van der Waals surface area contributed by atoms with Gasteiger partial charge in [-0.2, -0.15) is 0 Å². The first kappa shape index (κ1) is 36.7. The molecule has 9 nitrogen and oxygen atoms in total. The molecule has 0 fully saturated rings. The van der Waals surface area contributed by atoms with Gasteiger partial charge in [0.1, 0.15) is 5.82 Å². The first-order chi connectivity index (χ1) is 24.5. The van der Waals surface area contributed by atoms with Crippen molar-refractivity contribution >= 4 is 23.5 Å². The van der Waals surface area contributed by atoms with Crippen LogP contribution in [0.2, 0.25) is 0 Å². The molecule has 0 aliphatic heterocycles. The molecule has 5 rings (SSSR count). The van der Waals surface area contributed by atoms with Crippen molar-refractivity contribution in [3.05, 3.63) is 137 Å². The number of aromatic nitrogens is 1. The molecule has 0 spiro atoms. The van der Waals surface area contributed by atoms with Gasteiger partial charge in [0.15, 0.2) is 0 Å². The van der Waals surface area contributed by atoms with Crippen molar-refractivity contribution < 1.29 is 34.1 Å². The van der Waals surface area contributed by atoms with E-state index in [-0.39, 0.29) is 31.2 Å². The molecular weight excluding hydrogens is 649 g/mol. The van der Waals surface area contributed by atoms with E-state index < -0.39 is 36.3 Å². The average Bonchev–Trinajstić information content (AvgIpc) is 3.46. The second-order valence-electron chi connectivity index (χ2n) is 12.8.